The molecule has 0 aromatic heterocycles. The van der Waals surface area contributed by atoms with Gasteiger partial charge in [-0.25, -0.2) is 8.42 Å². The van der Waals surface area contributed by atoms with Crippen molar-refractivity contribution in [1.82, 2.24) is 9.62 Å². The molecule has 4 nitrogen and oxygen atoms in total. The van der Waals surface area contributed by atoms with Crippen molar-refractivity contribution < 1.29 is 8.42 Å². The topological polar surface area (TPSA) is 49.4 Å². The number of hydrogen-bond donors (Lipinski definition) is 1. The van der Waals surface area contributed by atoms with Crippen LogP contribution in [0.1, 0.15) is 24.5 Å². The van der Waals surface area contributed by atoms with Gasteiger partial charge in [0.2, 0.25) is 10.0 Å². The van der Waals surface area contributed by atoms with E-state index in [4.69, 9.17) is 0 Å². The normalized spacial score (nSPS) is 15.8. The number of fused-ring (bicyclic) bond motifs is 1. The van der Waals surface area contributed by atoms with Gasteiger partial charge in [0.1, 0.15) is 0 Å². The summed E-state index contributed by atoms with van der Waals surface area (Å²) in [6.45, 7) is 4.72. The highest BCUT2D eigenvalue weighted by molar-refractivity contribution is 7.89. The molecule has 0 saturated heterocycles. The van der Waals surface area contributed by atoms with E-state index in [1.807, 2.05) is 31.2 Å². The van der Waals surface area contributed by atoms with E-state index in [1.54, 1.807) is 4.31 Å². The van der Waals surface area contributed by atoms with E-state index in [0.717, 1.165) is 24.2 Å². The summed E-state index contributed by atoms with van der Waals surface area (Å²) in [5, 5.41) is 3.15. The molecule has 1 aromatic carbocycles. The average Bonchev–Trinajstić information content (AvgIpc) is 2.79. The highest BCUT2D eigenvalue weighted by Crippen LogP contribution is 2.25. The molecule has 1 heterocycles. The van der Waals surface area contributed by atoms with Crippen LogP contribution < -0.4 is 5.32 Å². The molecule has 18 heavy (non-hydrogen) atoms. The third-order valence-electron chi connectivity index (χ3n) is 3.21. The summed E-state index contributed by atoms with van der Waals surface area (Å²) in [7, 11) is -3.11. The van der Waals surface area contributed by atoms with Crippen LogP contribution in [-0.2, 0) is 23.1 Å². The van der Waals surface area contributed by atoms with Gasteiger partial charge in [0, 0.05) is 13.1 Å². The second-order valence-corrected chi connectivity index (χ2v) is 6.65. The summed E-state index contributed by atoms with van der Waals surface area (Å²) < 4.78 is 25.9. The fourth-order valence-electron chi connectivity index (χ4n) is 2.18. The Balaban J connectivity index is 1.93. The zero-order valence-corrected chi connectivity index (χ0v) is 11.5. The summed E-state index contributed by atoms with van der Waals surface area (Å²) in [6, 6.07) is 7.92. The number of nitrogens with zero attached hydrogens (tertiary/aromatic N) is 1. The lowest BCUT2D eigenvalue weighted by molar-refractivity contribution is 0.430. The Morgan fingerprint density at radius 3 is 2.39 bits per heavy atom. The van der Waals surface area contributed by atoms with Crippen LogP contribution in [0.3, 0.4) is 0 Å². The molecule has 1 aromatic rings. The summed E-state index contributed by atoms with van der Waals surface area (Å²) in [5.74, 6) is 0.230. The summed E-state index contributed by atoms with van der Waals surface area (Å²) in [4.78, 5) is 0. The predicted molar refractivity (Wildman–Crippen MR) is 72.6 cm³/mol. The van der Waals surface area contributed by atoms with E-state index >= 15 is 0 Å². The summed E-state index contributed by atoms with van der Waals surface area (Å²) in [5.41, 5.74) is 2.26. The lowest BCUT2D eigenvalue weighted by Crippen LogP contribution is -2.29. The molecule has 0 spiro atoms. The molecule has 0 unspecified atom stereocenters. The van der Waals surface area contributed by atoms with Gasteiger partial charge in [-0.2, -0.15) is 4.31 Å². The van der Waals surface area contributed by atoms with Crippen LogP contribution in [0, 0.1) is 0 Å². The minimum Gasteiger partial charge on any atom is -0.317 e. The van der Waals surface area contributed by atoms with Gasteiger partial charge in [0.15, 0.2) is 0 Å². The Kier molecular flexibility index (Phi) is 4.37. The first-order chi connectivity index (χ1) is 8.63. The van der Waals surface area contributed by atoms with Gasteiger partial charge in [-0.15, -0.1) is 0 Å². The lowest BCUT2D eigenvalue weighted by atomic mass is 10.1. The highest BCUT2D eigenvalue weighted by atomic mass is 32.2. The molecule has 0 amide bonds. The zero-order chi connectivity index (χ0) is 13.0. The van der Waals surface area contributed by atoms with Crippen molar-refractivity contribution in [2.75, 3.05) is 18.8 Å². The van der Waals surface area contributed by atoms with E-state index in [1.165, 1.54) is 0 Å². The van der Waals surface area contributed by atoms with Crippen molar-refractivity contribution in [2.24, 2.45) is 0 Å². The fraction of sp³-hybridized carbons (Fsp3) is 0.538. The van der Waals surface area contributed by atoms with Crippen molar-refractivity contribution in [3.63, 3.8) is 0 Å². The minimum absolute atomic E-state index is 0.230. The van der Waals surface area contributed by atoms with Gasteiger partial charge in [-0.3, -0.25) is 0 Å². The highest BCUT2D eigenvalue weighted by Gasteiger charge is 2.28. The monoisotopic (exact) mass is 268 g/mol. The first kappa shape index (κ1) is 13.5. The number of nitrogens with one attached hydrogen (secondary N) is 1. The first-order valence-electron chi connectivity index (χ1n) is 6.39. The maximum Gasteiger partial charge on any atom is 0.214 e. The summed E-state index contributed by atoms with van der Waals surface area (Å²) in [6.07, 6.45) is 0.670. The Morgan fingerprint density at radius 2 is 1.83 bits per heavy atom. The molecule has 0 fully saturated rings. The number of sulfonamides is 1. The Labute approximate surface area is 109 Å². The fourth-order valence-corrected chi connectivity index (χ4v) is 3.62. The molecule has 5 heteroatoms. The average molecular weight is 268 g/mol. The second kappa shape index (κ2) is 5.82. The molecule has 1 aliphatic heterocycles. The van der Waals surface area contributed by atoms with E-state index in [-0.39, 0.29) is 5.75 Å². The van der Waals surface area contributed by atoms with Crippen LogP contribution in [-0.4, -0.2) is 31.6 Å². The third kappa shape index (κ3) is 3.10. The zero-order valence-electron chi connectivity index (χ0n) is 10.7. The maximum atomic E-state index is 12.2. The van der Waals surface area contributed by atoms with Crippen LogP contribution in [0.4, 0.5) is 0 Å². The molecule has 0 aliphatic carbocycles. The largest absolute Gasteiger partial charge is 0.317 e. The van der Waals surface area contributed by atoms with Crippen LogP contribution in [0.15, 0.2) is 24.3 Å². The molecule has 0 atom stereocenters. The van der Waals surface area contributed by atoms with E-state index < -0.39 is 10.0 Å². The predicted octanol–water partition coefficient (Wildman–Crippen LogP) is 1.33. The van der Waals surface area contributed by atoms with Crippen molar-refractivity contribution in [3.8, 4) is 0 Å². The van der Waals surface area contributed by atoms with Crippen LogP contribution in [0.5, 0.6) is 0 Å². The molecule has 0 saturated carbocycles. The molecule has 1 N–H and O–H groups in total. The van der Waals surface area contributed by atoms with Gasteiger partial charge >= 0.3 is 0 Å². The first-order valence-corrected chi connectivity index (χ1v) is 7.99. The Morgan fingerprint density at radius 1 is 1.22 bits per heavy atom. The molecule has 0 bridgehead atoms. The Bertz CT molecular complexity index is 474. The number of rotatable bonds is 6. The van der Waals surface area contributed by atoms with Gasteiger partial charge in [-0.1, -0.05) is 31.2 Å². The van der Waals surface area contributed by atoms with Crippen molar-refractivity contribution >= 4 is 10.0 Å². The molecule has 1 aliphatic rings. The number of hydrogen-bond acceptors (Lipinski definition) is 3. The Hall–Kier alpha value is -0.910. The van der Waals surface area contributed by atoms with E-state index in [2.05, 4.69) is 5.32 Å². The van der Waals surface area contributed by atoms with E-state index in [0.29, 0.717) is 19.5 Å². The number of benzene rings is 1. The van der Waals surface area contributed by atoms with Crippen LogP contribution >= 0.6 is 0 Å². The minimum atomic E-state index is -3.11. The quantitative estimate of drug-likeness (QED) is 0.792. The SMILES string of the molecule is CCNCCCS(=O)(=O)N1Cc2ccccc2C1. The van der Waals surface area contributed by atoms with Crippen molar-refractivity contribution in [2.45, 2.75) is 26.4 Å². The molecular formula is C13H20N2O2S. The van der Waals surface area contributed by atoms with Crippen LogP contribution in [0.2, 0.25) is 0 Å². The molecule has 2 rings (SSSR count). The molecular weight excluding hydrogens is 248 g/mol. The maximum absolute atomic E-state index is 12.2. The van der Waals surface area contributed by atoms with Gasteiger partial charge in [-0.05, 0) is 30.6 Å². The van der Waals surface area contributed by atoms with Crippen molar-refractivity contribution in [3.05, 3.63) is 35.4 Å². The summed E-state index contributed by atoms with van der Waals surface area (Å²) >= 11 is 0. The molecule has 0 radical (unpaired) electrons. The third-order valence-corrected chi connectivity index (χ3v) is 5.06. The van der Waals surface area contributed by atoms with Crippen LogP contribution in [0.25, 0.3) is 0 Å². The van der Waals surface area contributed by atoms with Gasteiger partial charge in [0.05, 0.1) is 5.75 Å². The second-order valence-electron chi connectivity index (χ2n) is 4.56. The smallest absolute Gasteiger partial charge is 0.214 e. The molecule has 100 valence electrons. The van der Waals surface area contributed by atoms with Gasteiger partial charge in [0.25, 0.3) is 0 Å². The lowest BCUT2D eigenvalue weighted by Gasteiger charge is -2.15. The van der Waals surface area contributed by atoms with E-state index in [9.17, 15) is 8.42 Å². The standard InChI is InChI=1S/C13H20N2O2S/c1-2-14-8-5-9-18(16,17)15-10-12-6-3-4-7-13(12)11-15/h3-4,6-7,14H,2,5,8-11H2,1H3. The van der Waals surface area contributed by atoms with Crippen molar-refractivity contribution in [1.29, 1.82) is 0 Å². The van der Waals surface area contributed by atoms with Gasteiger partial charge < -0.3 is 5.32 Å².